The van der Waals surface area contributed by atoms with E-state index in [-0.39, 0.29) is 18.4 Å². The molecular weight excluding hydrogens is 518 g/mol. The standard InChI is InChI=1S/C37H45N3O2/c1-25-22-26(2)38-36-34(25)31-16-10-11-17-33(31)40(36)23-27-18-20-30(21-19-27)35(29-14-6-3-4-7-15-29)37(42)39-32(24-41)28-12-8-5-9-13-28/h5,8-9,12-13,18-22,29,32,35,41H,3-4,6-7,10-11,14-17,23-24H2,1-2H3,(H,39,42)/t32-,35-/m0/s1. The molecule has 2 aromatic carbocycles. The van der Waals surface area contributed by atoms with Gasteiger partial charge in [0, 0.05) is 23.3 Å². The van der Waals surface area contributed by atoms with Crippen LogP contribution in [0.4, 0.5) is 0 Å². The van der Waals surface area contributed by atoms with Crippen LogP contribution in [0.15, 0.2) is 60.7 Å². The highest BCUT2D eigenvalue weighted by atomic mass is 16.3. The number of hydrogen-bond donors (Lipinski definition) is 2. The zero-order valence-corrected chi connectivity index (χ0v) is 25.2. The maximum Gasteiger partial charge on any atom is 0.228 e. The maximum atomic E-state index is 14.0. The van der Waals surface area contributed by atoms with Crippen LogP contribution in [0.25, 0.3) is 11.0 Å². The van der Waals surface area contributed by atoms with Crippen molar-refractivity contribution in [3.63, 3.8) is 0 Å². The van der Waals surface area contributed by atoms with Crippen LogP contribution in [0.1, 0.15) is 103 Å². The lowest BCUT2D eigenvalue weighted by Crippen LogP contribution is -2.37. The number of fused-ring (bicyclic) bond motifs is 3. The molecule has 220 valence electrons. The van der Waals surface area contributed by atoms with Crippen molar-refractivity contribution in [2.45, 2.75) is 96.6 Å². The number of aliphatic hydroxyl groups excluding tert-OH is 1. The molecule has 0 unspecified atom stereocenters. The fourth-order valence-corrected chi connectivity index (χ4v) is 7.62. The van der Waals surface area contributed by atoms with Crippen molar-refractivity contribution >= 4 is 16.9 Å². The number of carbonyl (C=O) groups excluding carboxylic acids is 1. The summed E-state index contributed by atoms with van der Waals surface area (Å²) < 4.78 is 2.46. The smallest absolute Gasteiger partial charge is 0.228 e. The topological polar surface area (TPSA) is 67.2 Å². The van der Waals surface area contributed by atoms with Gasteiger partial charge in [0.2, 0.25) is 5.91 Å². The van der Waals surface area contributed by atoms with Crippen LogP contribution in [-0.2, 0) is 24.2 Å². The second kappa shape index (κ2) is 12.8. The van der Waals surface area contributed by atoms with Crippen molar-refractivity contribution in [1.82, 2.24) is 14.9 Å². The Hall–Kier alpha value is -3.44. The quantitative estimate of drug-likeness (QED) is 0.218. The van der Waals surface area contributed by atoms with Gasteiger partial charge in [-0.25, -0.2) is 4.98 Å². The van der Waals surface area contributed by atoms with Crippen molar-refractivity contribution in [2.75, 3.05) is 6.61 Å². The van der Waals surface area contributed by atoms with Crippen LogP contribution in [-0.4, -0.2) is 27.2 Å². The SMILES string of the molecule is Cc1cc(C)c2c3c(n(Cc4ccc([C@@H](C(=O)N[C@@H](CO)c5ccccc5)C5CCCCCC5)cc4)c2n1)CCCC3. The summed E-state index contributed by atoms with van der Waals surface area (Å²) in [5.74, 6) is 0.115. The van der Waals surface area contributed by atoms with Gasteiger partial charge in [-0.2, -0.15) is 0 Å². The number of nitrogens with one attached hydrogen (secondary N) is 1. The van der Waals surface area contributed by atoms with E-state index in [4.69, 9.17) is 4.98 Å². The molecular formula is C37H45N3O2. The molecule has 2 heterocycles. The summed E-state index contributed by atoms with van der Waals surface area (Å²) in [5.41, 5.74) is 9.73. The number of rotatable bonds is 8. The Bertz CT molecular complexity index is 1510. The molecule has 5 nitrogen and oxygen atoms in total. The van der Waals surface area contributed by atoms with Crippen molar-refractivity contribution in [1.29, 1.82) is 0 Å². The highest BCUT2D eigenvalue weighted by Crippen LogP contribution is 2.37. The van der Waals surface area contributed by atoms with Gasteiger partial charge in [0.25, 0.3) is 0 Å². The zero-order chi connectivity index (χ0) is 29.1. The average molecular weight is 564 g/mol. The molecule has 42 heavy (non-hydrogen) atoms. The molecule has 2 aliphatic rings. The molecule has 6 rings (SSSR count). The number of carbonyl (C=O) groups is 1. The van der Waals surface area contributed by atoms with Crippen LogP contribution in [0.5, 0.6) is 0 Å². The van der Waals surface area contributed by atoms with E-state index in [1.54, 1.807) is 0 Å². The minimum absolute atomic E-state index is 0.0261. The summed E-state index contributed by atoms with van der Waals surface area (Å²) in [6.45, 7) is 5.00. The molecule has 5 heteroatoms. The summed E-state index contributed by atoms with van der Waals surface area (Å²) in [7, 11) is 0. The van der Waals surface area contributed by atoms with Gasteiger partial charge in [0.1, 0.15) is 5.65 Å². The van der Waals surface area contributed by atoms with Crippen molar-refractivity contribution in [3.8, 4) is 0 Å². The fourth-order valence-electron chi connectivity index (χ4n) is 7.62. The Balaban J connectivity index is 1.30. The molecule has 0 saturated heterocycles. The van der Waals surface area contributed by atoms with E-state index < -0.39 is 6.04 Å². The second-order valence-electron chi connectivity index (χ2n) is 12.6. The fraction of sp³-hybridized carbons (Fsp3) is 0.459. The Kier molecular flexibility index (Phi) is 8.76. The summed E-state index contributed by atoms with van der Waals surface area (Å²) in [6.07, 6.45) is 11.7. The Morgan fingerprint density at radius 3 is 2.36 bits per heavy atom. The van der Waals surface area contributed by atoms with E-state index in [0.29, 0.717) is 5.92 Å². The zero-order valence-electron chi connectivity index (χ0n) is 25.2. The highest BCUT2D eigenvalue weighted by Gasteiger charge is 2.32. The van der Waals surface area contributed by atoms with Crippen LogP contribution in [0, 0.1) is 19.8 Å². The van der Waals surface area contributed by atoms with Gasteiger partial charge in [-0.05, 0) is 92.2 Å². The molecule has 1 fully saturated rings. The molecule has 4 aromatic rings. The lowest BCUT2D eigenvalue weighted by atomic mass is 9.80. The Morgan fingerprint density at radius 1 is 0.929 bits per heavy atom. The third-order valence-corrected chi connectivity index (χ3v) is 9.68. The largest absolute Gasteiger partial charge is 0.394 e. The number of hydrogen-bond acceptors (Lipinski definition) is 3. The number of amides is 1. The van der Waals surface area contributed by atoms with E-state index in [0.717, 1.165) is 54.7 Å². The van der Waals surface area contributed by atoms with Gasteiger partial charge < -0.3 is 15.0 Å². The molecule has 1 saturated carbocycles. The van der Waals surface area contributed by atoms with Crippen LogP contribution in [0.2, 0.25) is 0 Å². The van der Waals surface area contributed by atoms with Gasteiger partial charge >= 0.3 is 0 Å². The van der Waals surface area contributed by atoms with E-state index in [1.165, 1.54) is 66.3 Å². The summed E-state index contributed by atoms with van der Waals surface area (Å²) in [4.78, 5) is 19.0. The Morgan fingerprint density at radius 2 is 1.64 bits per heavy atom. The lowest BCUT2D eigenvalue weighted by Gasteiger charge is -2.28. The van der Waals surface area contributed by atoms with Crippen molar-refractivity contribution < 1.29 is 9.90 Å². The number of nitrogens with zero attached hydrogens (tertiary/aromatic N) is 2. The minimum atomic E-state index is -0.404. The van der Waals surface area contributed by atoms with Crippen LogP contribution >= 0.6 is 0 Å². The first kappa shape index (κ1) is 28.7. The van der Waals surface area contributed by atoms with Crippen molar-refractivity contribution in [2.24, 2.45) is 5.92 Å². The highest BCUT2D eigenvalue weighted by molar-refractivity contribution is 5.86. The van der Waals surface area contributed by atoms with Crippen LogP contribution < -0.4 is 5.32 Å². The molecule has 2 N–H and O–H groups in total. The number of pyridine rings is 1. The molecule has 0 spiro atoms. The van der Waals surface area contributed by atoms with Gasteiger partial charge in [0.15, 0.2) is 0 Å². The van der Waals surface area contributed by atoms with Crippen molar-refractivity contribution in [3.05, 3.63) is 99.9 Å². The van der Waals surface area contributed by atoms with E-state index in [2.05, 4.69) is 54.1 Å². The van der Waals surface area contributed by atoms with E-state index in [1.807, 2.05) is 30.3 Å². The van der Waals surface area contributed by atoms with Crippen LogP contribution in [0.3, 0.4) is 0 Å². The predicted octanol–water partition coefficient (Wildman–Crippen LogP) is 7.48. The lowest BCUT2D eigenvalue weighted by molar-refractivity contribution is -0.125. The molecule has 2 atom stereocenters. The molecule has 0 bridgehead atoms. The number of benzene rings is 2. The molecule has 0 radical (unpaired) electrons. The number of aryl methyl sites for hydroxylation is 3. The summed E-state index contributed by atoms with van der Waals surface area (Å²) in [6, 6.07) is 20.4. The molecule has 2 aliphatic carbocycles. The van der Waals surface area contributed by atoms with E-state index >= 15 is 0 Å². The normalized spacial score (nSPS) is 17.4. The van der Waals surface area contributed by atoms with Gasteiger partial charge in [-0.3, -0.25) is 4.79 Å². The Labute approximate surface area is 250 Å². The first-order valence-corrected chi connectivity index (χ1v) is 16.1. The molecule has 1 amide bonds. The van der Waals surface area contributed by atoms with Gasteiger partial charge in [0.05, 0.1) is 18.6 Å². The average Bonchev–Trinajstić information content (AvgIpc) is 3.13. The monoisotopic (exact) mass is 563 g/mol. The number of aliphatic hydroxyl groups is 1. The first-order valence-electron chi connectivity index (χ1n) is 16.1. The minimum Gasteiger partial charge on any atom is -0.394 e. The van der Waals surface area contributed by atoms with E-state index in [9.17, 15) is 9.90 Å². The summed E-state index contributed by atoms with van der Waals surface area (Å²) >= 11 is 0. The number of aromatic nitrogens is 2. The molecule has 0 aliphatic heterocycles. The molecule has 2 aromatic heterocycles. The predicted molar refractivity (Wildman–Crippen MR) is 170 cm³/mol. The third kappa shape index (κ3) is 5.89. The second-order valence-corrected chi connectivity index (χ2v) is 12.6. The summed E-state index contributed by atoms with van der Waals surface area (Å²) in [5, 5.41) is 14.7. The third-order valence-electron chi connectivity index (χ3n) is 9.68. The van der Waals surface area contributed by atoms with Gasteiger partial charge in [-0.15, -0.1) is 0 Å². The van der Waals surface area contributed by atoms with Gasteiger partial charge in [-0.1, -0.05) is 80.3 Å². The maximum absolute atomic E-state index is 14.0. The first-order chi connectivity index (χ1) is 20.5.